The fourth-order valence-corrected chi connectivity index (χ4v) is 0.768. The van der Waals surface area contributed by atoms with Crippen molar-refractivity contribution in [2.45, 2.75) is 38.5 Å². The Morgan fingerprint density at radius 1 is 1.29 bits per heavy atom. The minimum absolute atomic E-state index is 0.0231. The average Bonchev–Trinajstić information content (AvgIpc) is 2.24. The smallest absolute Gasteiger partial charge is 0.320 e. The molecule has 0 aromatic carbocycles. The molecule has 0 heterocycles. The van der Waals surface area contributed by atoms with E-state index in [4.69, 9.17) is 21.1 Å². The highest BCUT2D eigenvalue weighted by Gasteiger charge is 2.12. The molecule has 7 heteroatoms. The van der Waals surface area contributed by atoms with E-state index in [1.165, 1.54) is 0 Å². The second kappa shape index (κ2) is 10.0. The fourth-order valence-electron chi connectivity index (χ4n) is 0.768. The second-order valence-corrected chi connectivity index (χ2v) is 3.73. The lowest BCUT2D eigenvalue weighted by Gasteiger charge is -2.15. The quantitative estimate of drug-likeness (QED) is 0.470. The van der Waals surface area contributed by atoms with Crippen molar-refractivity contribution in [2.24, 2.45) is 5.73 Å². The molecule has 0 aliphatic rings. The average molecular weight is 250 g/mol. The van der Waals surface area contributed by atoms with Crippen LogP contribution in [0.3, 0.4) is 0 Å². The first-order chi connectivity index (χ1) is 7.72. The summed E-state index contributed by atoms with van der Waals surface area (Å²) in [6.07, 6.45) is 0.311. The number of hydrogen-bond acceptors (Lipinski definition) is 5. The van der Waals surface area contributed by atoms with E-state index in [0.29, 0.717) is 0 Å². The van der Waals surface area contributed by atoms with E-state index in [1.54, 1.807) is 4.90 Å². The summed E-state index contributed by atoms with van der Waals surface area (Å²) in [5.41, 5.74) is 5.00. The molecule has 2 unspecified atom stereocenters. The number of aliphatic hydroxyl groups is 1. The molecule has 102 valence electrons. The first-order valence-corrected chi connectivity index (χ1v) is 5.27. The highest BCUT2D eigenvalue weighted by atomic mass is 16.4. The van der Waals surface area contributed by atoms with Crippen LogP contribution < -0.4 is 5.73 Å². The van der Waals surface area contributed by atoms with Crippen molar-refractivity contribution in [2.75, 3.05) is 14.1 Å². The largest absolute Gasteiger partial charge is 0.481 e. The van der Waals surface area contributed by atoms with E-state index in [-0.39, 0.29) is 19.1 Å². The van der Waals surface area contributed by atoms with E-state index < -0.39 is 18.0 Å². The SMILES string of the molecule is CCC(O)N(C)C.NC(CCC(=O)O)C(=O)O. The zero-order valence-corrected chi connectivity index (χ0v) is 10.5. The van der Waals surface area contributed by atoms with Crippen LogP contribution in [0, 0.1) is 0 Å². The predicted octanol–water partition coefficient (Wildman–Crippen LogP) is -0.460. The second-order valence-electron chi connectivity index (χ2n) is 3.73. The molecule has 0 aromatic rings. The third-order valence-electron chi connectivity index (χ3n) is 1.95. The van der Waals surface area contributed by atoms with Crippen LogP contribution in [0.4, 0.5) is 0 Å². The van der Waals surface area contributed by atoms with Crippen LogP contribution in [0.2, 0.25) is 0 Å². The molecule has 2 atom stereocenters. The maximum absolute atomic E-state index is 9.99. The molecule has 0 spiro atoms. The van der Waals surface area contributed by atoms with Gasteiger partial charge in [-0.25, -0.2) is 0 Å². The lowest BCUT2D eigenvalue weighted by molar-refractivity contribution is -0.139. The van der Waals surface area contributed by atoms with Gasteiger partial charge in [0.05, 0.1) is 0 Å². The molecule has 5 N–H and O–H groups in total. The summed E-state index contributed by atoms with van der Waals surface area (Å²) in [5, 5.41) is 25.1. The van der Waals surface area contributed by atoms with Crippen LogP contribution in [0.25, 0.3) is 0 Å². The number of carbonyl (C=O) groups is 2. The van der Waals surface area contributed by atoms with Gasteiger partial charge in [-0.1, -0.05) is 6.92 Å². The fraction of sp³-hybridized carbons (Fsp3) is 0.800. The maximum Gasteiger partial charge on any atom is 0.320 e. The molecular formula is C10H22N2O5. The lowest BCUT2D eigenvalue weighted by atomic mass is 10.2. The Morgan fingerprint density at radius 3 is 1.94 bits per heavy atom. The van der Waals surface area contributed by atoms with Crippen LogP contribution in [0.15, 0.2) is 0 Å². The zero-order chi connectivity index (χ0) is 14.0. The first kappa shape index (κ1) is 18.2. The predicted molar refractivity (Wildman–Crippen MR) is 62.5 cm³/mol. The third kappa shape index (κ3) is 12.8. The summed E-state index contributed by atoms with van der Waals surface area (Å²) in [5.74, 6) is -2.20. The summed E-state index contributed by atoms with van der Waals surface area (Å²) in [6, 6.07) is -1.06. The molecule has 0 saturated carbocycles. The molecule has 7 nitrogen and oxygen atoms in total. The van der Waals surface area contributed by atoms with Gasteiger partial charge < -0.3 is 21.1 Å². The van der Waals surface area contributed by atoms with Gasteiger partial charge in [0.2, 0.25) is 0 Å². The van der Waals surface area contributed by atoms with Crippen LogP contribution in [0.5, 0.6) is 0 Å². The van der Waals surface area contributed by atoms with Crippen LogP contribution in [0.1, 0.15) is 26.2 Å². The number of carboxylic acid groups (broad SMARTS) is 2. The molecule has 0 amide bonds. The number of nitrogens with two attached hydrogens (primary N) is 1. The lowest BCUT2D eigenvalue weighted by Crippen LogP contribution is -2.30. The number of rotatable bonds is 6. The van der Waals surface area contributed by atoms with Crippen molar-refractivity contribution >= 4 is 11.9 Å². The van der Waals surface area contributed by atoms with Gasteiger partial charge in [-0.3, -0.25) is 14.5 Å². The number of aliphatic carboxylic acids is 2. The van der Waals surface area contributed by atoms with Gasteiger partial charge in [0.25, 0.3) is 0 Å². The molecule has 0 bridgehead atoms. The maximum atomic E-state index is 9.99. The minimum atomic E-state index is -1.17. The molecule has 17 heavy (non-hydrogen) atoms. The van der Waals surface area contributed by atoms with E-state index in [1.807, 2.05) is 21.0 Å². The van der Waals surface area contributed by atoms with Crippen molar-refractivity contribution in [3.8, 4) is 0 Å². The molecule has 0 rings (SSSR count). The third-order valence-corrected chi connectivity index (χ3v) is 1.95. The summed E-state index contributed by atoms with van der Waals surface area (Å²) in [6.45, 7) is 1.95. The van der Waals surface area contributed by atoms with Gasteiger partial charge in [0.1, 0.15) is 12.3 Å². The molecule has 0 aliphatic heterocycles. The highest BCUT2D eigenvalue weighted by molar-refractivity contribution is 5.74. The van der Waals surface area contributed by atoms with Gasteiger partial charge in [0.15, 0.2) is 0 Å². The highest BCUT2D eigenvalue weighted by Crippen LogP contribution is 1.93. The molecule has 0 fully saturated rings. The Morgan fingerprint density at radius 2 is 1.76 bits per heavy atom. The summed E-state index contributed by atoms with van der Waals surface area (Å²) in [7, 11) is 3.71. The number of hydrogen-bond donors (Lipinski definition) is 4. The Bertz CT molecular complexity index is 233. The van der Waals surface area contributed by atoms with Gasteiger partial charge in [0, 0.05) is 6.42 Å². The van der Waals surface area contributed by atoms with Crippen molar-refractivity contribution < 1.29 is 24.9 Å². The van der Waals surface area contributed by atoms with E-state index in [0.717, 1.165) is 6.42 Å². The molecule has 0 saturated heterocycles. The van der Waals surface area contributed by atoms with Crippen molar-refractivity contribution in [3.05, 3.63) is 0 Å². The Balaban J connectivity index is 0. The van der Waals surface area contributed by atoms with Crippen LogP contribution in [-0.4, -0.2) is 58.5 Å². The Kier molecular flexibility index (Phi) is 10.7. The van der Waals surface area contributed by atoms with Crippen LogP contribution >= 0.6 is 0 Å². The summed E-state index contributed by atoms with van der Waals surface area (Å²) in [4.78, 5) is 21.6. The van der Waals surface area contributed by atoms with Gasteiger partial charge in [-0.05, 0) is 26.9 Å². The van der Waals surface area contributed by atoms with Gasteiger partial charge in [-0.2, -0.15) is 0 Å². The molecular weight excluding hydrogens is 228 g/mol. The zero-order valence-electron chi connectivity index (χ0n) is 10.5. The van der Waals surface area contributed by atoms with Crippen molar-refractivity contribution in [1.29, 1.82) is 0 Å². The summed E-state index contributed by atoms with van der Waals surface area (Å²) >= 11 is 0. The summed E-state index contributed by atoms with van der Waals surface area (Å²) < 4.78 is 0. The van der Waals surface area contributed by atoms with E-state index in [9.17, 15) is 9.59 Å². The number of aliphatic hydroxyl groups excluding tert-OH is 1. The first-order valence-electron chi connectivity index (χ1n) is 5.27. The molecule has 0 aliphatic carbocycles. The monoisotopic (exact) mass is 250 g/mol. The van der Waals surface area contributed by atoms with E-state index in [2.05, 4.69) is 0 Å². The Hall–Kier alpha value is -1.18. The normalized spacial score (nSPS) is 13.5. The topological polar surface area (TPSA) is 124 Å². The number of carboxylic acids is 2. The van der Waals surface area contributed by atoms with Gasteiger partial charge >= 0.3 is 11.9 Å². The minimum Gasteiger partial charge on any atom is -0.481 e. The Labute approximate surface area is 101 Å². The van der Waals surface area contributed by atoms with Crippen LogP contribution in [-0.2, 0) is 9.59 Å². The molecule has 0 radical (unpaired) electrons. The number of nitrogens with zero attached hydrogens (tertiary/aromatic N) is 1. The standard InChI is InChI=1S/C5H9NO4.C5H13NO/c6-3(5(9)10)1-2-4(7)8;1-4-5(7)6(2)3/h3H,1-2,6H2,(H,7,8)(H,9,10);5,7H,4H2,1-3H3. The van der Waals surface area contributed by atoms with Gasteiger partial charge in [-0.15, -0.1) is 0 Å². The van der Waals surface area contributed by atoms with E-state index >= 15 is 0 Å². The van der Waals surface area contributed by atoms with Crippen molar-refractivity contribution in [3.63, 3.8) is 0 Å². The molecule has 0 aromatic heterocycles. The van der Waals surface area contributed by atoms with Crippen molar-refractivity contribution in [1.82, 2.24) is 4.90 Å².